The van der Waals surface area contributed by atoms with Gasteiger partial charge in [-0.15, -0.1) is 0 Å². The van der Waals surface area contributed by atoms with Gasteiger partial charge in [0.2, 0.25) is 0 Å². The van der Waals surface area contributed by atoms with Gasteiger partial charge in [-0.2, -0.15) is 0 Å². The number of rotatable bonds is 5. The summed E-state index contributed by atoms with van der Waals surface area (Å²) in [4.78, 5) is 25.4. The molecule has 0 aliphatic rings. The fourth-order valence-corrected chi connectivity index (χ4v) is 2.77. The van der Waals surface area contributed by atoms with Gasteiger partial charge in [0, 0.05) is 15.7 Å². The first-order chi connectivity index (χ1) is 13.5. The van der Waals surface area contributed by atoms with Gasteiger partial charge in [0.15, 0.2) is 0 Å². The Kier molecular flexibility index (Phi) is 6.40. The minimum Gasteiger partial charge on any atom is -0.321 e. The lowest BCUT2D eigenvalue weighted by molar-refractivity contribution is -0.113. The Morgan fingerprint density at radius 1 is 0.857 bits per heavy atom. The molecular weight excluding hydrogens is 416 g/mol. The molecule has 4 nitrogen and oxygen atoms in total. The van der Waals surface area contributed by atoms with Crippen LogP contribution in [0.4, 0.5) is 5.69 Å². The fourth-order valence-electron chi connectivity index (χ4n) is 2.50. The van der Waals surface area contributed by atoms with E-state index in [-0.39, 0.29) is 11.6 Å². The molecule has 0 heterocycles. The van der Waals surface area contributed by atoms with E-state index >= 15 is 0 Å². The van der Waals surface area contributed by atoms with E-state index in [0.29, 0.717) is 11.3 Å². The number of halogens is 1. The summed E-state index contributed by atoms with van der Waals surface area (Å²) < 4.78 is 0.934. The molecule has 3 aromatic carbocycles. The Balaban J connectivity index is 1.86. The van der Waals surface area contributed by atoms with Gasteiger partial charge in [0.05, 0.1) is 0 Å². The molecule has 0 aliphatic carbocycles. The van der Waals surface area contributed by atoms with Crippen molar-refractivity contribution in [3.8, 4) is 0 Å². The maximum Gasteiger partial charge on any atom is 0.272 e. The van der Waals surface area contributed by atoms with Crippen LogP contribution in [0.3, 0.4) is 0 Å². The number of amides is 2. The monoisotopic (exact) mass is 434 g/mol. The number of carbonyl (C=O) groups excluding carboxylic acids is 2. The molecule has 0 fully saturated rings. The van der Waals surface area contributed by atoms with Crippen LogP contribution in [0.15, 0.2) is 89.0 Å². The Bertz CT molecular complexity index is 995. The second-order valence-corrected chi connectivity index (χ2v) is 7.17. The van der Waals surface area contributed by atoms with E-state index in [1.54, 1.807) is 30.3 Å². The number of hydrogen-bond acceptors (Lipinski definition) is 2. The lowest BCUT2D eigenvalue weighted by Crippen LogP contribution is -2.30. The lowest BCUT2D eigenvalue weighted by Gasteiger charge is -2.11. The lowest BCUT2D eigenvalue weighted by atomic mass is 10.1. The third-order valence-corrected chi connectivity index (χ3v) is 4.55. The zero-order valence-electron chi connectivity index (χ0n) is 15.3. The molecule has 0 spiro atoms. The van der Waals surface area contributed by atoms with Crippen molar-refractivity contribution < 1.29 is 9.59 Å². The molecule has 0 aromatic heterocycles. The number of carbonyl (C=O) groups is 2. The largest absolute Gasteiger partial charge is 0.321 e. The van der Waals surface area contributed by atoms with Crippen molar-refractivity contribution in [3.05, 3.63) is 106 Å². The molecule has 0 bridgehead atoms. The third-order valence-electron chi connectivity index (χ3n) is 4.02. The molecule has 0 radical (unpaired) electrons. The molecule has 28 heavy (non-hydrogen) atoms. The predicted octanol–water partition coefficient (Wildman–Crippen LogP) is 5.17. The van der Waals surface area contributed by atoms with Crippen LogP contribution in [0, 0.1) is 6.92 Å². The van der Waals surface area contributed by atoms with Crippen LogP contribution in [0.2, 0.25) is 0 Å². The maximum absolute atomic E-state index is 12.8. The summed E-state index contributed by atoms with van der Waals surface area (Å²) >= 11 is 3.39. The molecular formula is C23H19BrN2O2. The molecule has 5 heteroatoms. The van der Waals surface area contributed by atoms with Gasteiger partial charge in [-0.05, 0) is 55.0 Å². The summed E-state index contributed by atoms with van der Waals surface area (Å²) in [5, 5.41) is 5.55. The van der Waals surface area contributed by atoms with E-state index in [1.807, 2.05) is 61.5 Å². The molecule has 2 amide bonds. The zero-order valence-corrected chi connectivity index (χ0v) is 16.9. The topological polar surface area (TPSA) is 58.2 Å². The van der Waals surface area contributed by atoms with E-state index < -0.39 is 5.91 Å². The van der Waals surface area contributed by atoms with Crippen LogP contribution in [0.5, 0.6) is 0 Å². The Morgan fingerprint density at radius 3 is 2.14 bits per heavy atom. The molecule has 3 aromatic rings. The van der Waals surface area contributed by atoms with Crippen molar-refractivity contribution in [2.24, 2.45) is 0 Å². The summed E-state index contributed by atoms with van der Waals surface area (Å²) in [6.45, 7) is 1.98. The van der Waals surface area contributed by atoms with E-state index in [0.717, 1.165) is 15.6 Å². The standard InChI is InChI=1S/C23H19BrN2O2/c1-16-7-13-20(14-8-16)25-23(28)21(15-17-9-11-19(24)12-10-17)26-22(27)18-5-3-2-4-6-18/h2-15H,1H3,(H,25,28)(H,26,27)/b21-15-. The van der Waals surface area contributed by atoms with Crippen LogP contribution in [0.25, 0.3) is 6.08 Å². The summed E-state index contributed by atoms with van der Waals surface area (Å²) in [5.74, 6) is -0.737. The van der Waals surface area contributed by atoms with Crippen molar-refractivity contribution in [2.45, 2.75) is 6.92 Å². The second kappa shape index (κ2) is 9.15. The van der Waals surface area contributed by atoms with Crippen LogP contribution in [-0.2, 0) is 4.79 Å². The normalized spacial score (nSPS) is 11.0. The Labute approximate surface area is 172 Å². The molecule has 0 unspecified atom stereocenters. The van der Waals surface area contributed by atoms with Gasteiger partial charge in [0.1, 0.15) is 5.70 Å². The zero-order chi connectivity index (χ0) is 19.9. The summed E-state index contributed by atoms with van der Waals surface area (Å²) in [7, 11) is 0. The highest BCUT2D eigenvalue weighted by Crippen LogP contribution is 2.15. The van der Waals surface area contributed by atoms with Crippen molar-refractivity contribution in [1.82, 2.24) is 5.32 Å². The van der Waals surface area contributed by atoms with E-state index in [9.17, 15) is 9.59 Å². The van der Waals surface area contributed by atoms with Gasteiger partial charge in [-0.3, -0.25) is 9.59 Å². The molecule has 0 atom stereocenters. The second-order valence-electron chi connectivity index (χ2n) is 6.25. The number of anilines is 1. The quantitative estimate of drug-likeness (QED) is 0.544. The molecule has 0 saturated heterocycles. The molecule has 0 aliphatic heterocycles. The number of aryl methyl sites for hydroxylation is 1. The van der Waals surface area contributed by atoms with Gasteiger partial charge < -0.3 is 10.6 Å². The van der Waals surface area contributed by atoms with Crippen LogP contribution in [0.1, 0.15) is 21.5 Å². The Morgan fingerprint density at radius 2 is 1.50 bits per heavy atom. The number of hydrogen-bond donors (Lipinski definition) is 2. The highest BCUT2D eigenvalue weighted by atomic mass is 79.9. The summed E-state index contributed by atoms with van der Waals surface area (Å²) in [6, 6.07) is 23.7. The first kappa shape index (κ1) is 19.6. The predicted molar refractivity (Wildman–Crippen MR) is 116 cm³/mol. The first-order valence-electron chi connectivity index (χ1n) is 8.73. The van der Waals surface area contributed by atoms with Crippen LogP contribution in [-0.4, -0.2) is 11.8 Å². The smallest absolute Gasteiger partial charge is 0.272 e. The number of benzene rings is 3. The minimum absolute atomic E-state index is 0.164. The van der Waals surface area contributed by atoms with Crippen molar-refractivity contribution in [1.29, 1.82) is 0 Å². The summed E-state index contributed by atoms with van der Waals surface area (Å²) in [6.07, 6.45) is 1.65. The fraction of sp³-hybridized carbons (Fsp3) is 0.0435. The minimum atomic E-state index is -0.393. The van der Waals surface area contributed by atoms with Gasteiger partial charge in [-0.25, -0.2) is 0 Å². The SMILES string of the molecule is Cc1ccc(NC(=O)/C(=C/c2ccc(Br)cc2)NC(=O)c2ccccc2)cc1. The maximum atomic E-state index is 12.8. The van der Waals surface area contributed by atoms with Gasteiger partial charge >= 0.3 is 0 Å². The molecule has 0 saturated carbocycles. The summed E-state index contributed by atoms with van der Waals surface area (Å²) in [5.41, 5.74) is 3.20. The molecule has 3 rings (SSSR count). The van der Waals surface area contributed by atoms with Crippen molar-refractivity contribution >= 4 is 39.5 Å². The van der Waals surface area contributed by atoms with Crippen LogP contribution >= 0.6 is 15.9 Å². The van der Waals surface area contributed by atoms with Gasteiger partial charge in [-0.1, -0.05) is 64.0 Å². The average molecular weight is 435 g/mol. The molecule has 140 valence electrons. The van der Waals surface area contributed by atoms with E-state index in [1.165, 1.54) is 0 Å². The van der Waals surface area contributed by atoms with E-state index in [2.05, 4.69) is 26.6 Å². The van der Waals surface area contributed by atoms with Crippen molar-refractivity contribution in [2.75, 3.05) is 5.32 Å². The average Bonchev–Trinajstić information content (AvgIpc) is 2.71. The Hall–Kier alpha value is -3.18. The first-order valence-corrected chi connectivity index (χ1v) is 9.52. The van der Waals surface area contributed by atoms with Crippen molar-refractivity contribution in [3.63, 3.8) is 0 Å². The highest BCUT2D eigenvalue weighted by Gasteiger charge is 2.15. The van der Waals surface area contributed by atoms with Gasteiger partial charge in [0.25, 0.3) is 11.8 Å². The van der Waals surface area contributed by atoms with Crippen LogP contribution < -0.4 is 10.6 Å². The number of nitrogens with one attached hydrogen (secondary N) is 2. The third kappa shape index (κ3) is 5.41. The van der Waals surface area contributed by atoms with E-state index in [4.69, 9.17) is 0 Å². The molecule has 2 N–H and O–H groups in total. The highest BCUT2D eigenvalue weighted by molar-refractivity contribution is 9.10.